The second-order valence-corrected chi connectivity index (χ2v) is 9.17. The van der Waals surface area contributed by atoms with Crippen LogP contribution in [0.2, 0.25) is 0 Å². The van der Waals surface area contributed by atoms with E-state index >= 15 is 0 Å². The Kier molecular flexibility index (Phi) is 12.1. The molecule has 0 aromatic heterocycles. The maximum atomic E-state index is 13.2. The Morgan fingerprint density at radius 1 is 1.00 bits per heavy atom. The number of carboxylic acids is 1. The van der Waals surface area contributed by atoms with Crippen molar-refractivity contribution in [1.82, 2.24) is 5.32 Å². The van der Waals surface area contributed by atoms with E-state index in [4.69, 9.17) is 9.47 Å². The van der Waals surface area contributed by atoms with Gasteiger partial charge in [0.15, 0.2) is 0 Å². The van der Waals surface area contributed by atoms with Crippen molar-refractivity contribution in [2.45, 2.75) is 32.6 Å². The van der Waals surface area contributed by atoms with Gasteiger partial charge < -0.3 is 21.3 Å². The standard InChI is InChI=1S/C28H31NO5S.Li.H/c1-19-7-4-5-10-23(19)25-16-21(18-34-17-20-8-6-9-22(15-20)33-2)11-12-24(25)27(30)29-26(28(31)32)13-14-35-3;;/h4-12,15-16,26H,13-14,17-18H2,1-3H3,(H,29,30)(H,31,32);;/q;+1;-1/t26-;;/m0../s1. The molecule has 3 aromatic rings. The SMILES string of the molecule is COc1cccc(COCc2ccc(C(=O)N[C@@H](CCSC)C(=O)O)c(-c3ccccc3C)c2)c1.[H-].[Li+]. The zero-order valence-electron chi connectivity index (χ0n) is 22.2. The maximum Gasteiger partial charge on any atom is 1.00 e. The predicted molar refractivity (Wildman–Crippen MR) is 141 cm³/mol. The van der Waals surface area contributed by atoms with Crippen molar-refractivity contribution >= 4 is 23.6 Å². The minimum absolute atomic E-state index is 0. The zero-order chi connectivity index (χ0) is 25.2. The van der Waals surface area contributed by atoms with Gasteiger partial charge in [0.05, 0.1) is 20.3 Å². The Morgan fingerprint density at radius 3 is 2.39 bits per heavy atom. The quantitative estimate of drug-likeness (QED) is 0.371. The van der Waals surface area contributed by atoms with Gasteiger partial charge in [-0.3, -0.25) is 4.79 Å². The number of aliphatic carboxylic acids is 1. The van der Waals surface area contributed by atoms with Crippen LogP contribution in [0.1, 0.15) is 34.9 Å². The van der Waals surface area contributed by atoms with Gasteiger partial charge in [-0.25, -0.2) is 4.79 Å². The first kappa shape index (κ1) is 29.5. The van der Waals surface area contributed by atoms with E-state index in [0.29, 0.717) is 31.0 Å². The van der Waals surface area contributed by atoms with Crippen molar-refractivity contribution in [3.63, 3.8) is 0 Å². The number of benzene rings is 3. The smallest absolute Gasteiger partial charge is 1.00 e. The third-order valence-electron chi connectivity index (χ3n) is 5.65. The van der Waals surface area contributed by atoms with E-state index in [9.17, 15) is 14.7 Å². The molecule has 0 aliphatic carbocycles. The molecule has 0 unspecified atom stereocenters. The predicted octanol–water partition coefficient (Wildman–Crippen LogP) is 2.44. The number of amides is 1. The van der Waals surface area contributed by atoms with E-state index in [1.54, 1.807) is 24.9 Å². The van der Waals surface area contributed by atoms with Crippen LogP contribution in [-0.2, 0) is 22.7 Å². The number of hydrogen-bond donors (Lipinski definition) is 2. The molecule has 1 atom stereocenters. The first-order chi connectivity index (χ1) is 16.9. The van der Waals surface area contributed by atoms with Gasteiger partial charge in [-0.05, 0) is 77.4 Å². The fourth-order valence-electron chi connectivity index (χ4n) is 3.76. The molecule has 0 aliphatic heterocycles. The molecule has 6 nitrogen and oxygen atoms in total. The summed E-state index contributed by atoms with van der Waals surface area (Å²) >= 11 is 1.55. The Morgan fingerprint density at radius 2 is 1.72 bits per heavy atom. The normalized spacial score (nSPS) is 11.3. The van der Waals surface area contributed by atoms with Crippen molar-refractivity contribution in [2.75, 3.05) is 19.1 Å². The van der Waals surface area contributed by atoms with E-state index in [1.807, 2.05) is 73.8 Å². The van der Waals surface area contributed by atoms with Gasteiger partial charge >= 0.3 is 24.8 Å². The topological polar surface area (TPSA) is 84.9 Å². The molecule has 2 N–H and O–H groups in total. The van der Waals surface area contributed by atoms with E-state index in [2.05, 4.69) is 5.32 Å². The van der Waals surface area contributed by atoms with Crippen LogP contribution in [-0.4, -0.2) is 42.1 Å². The summed E-state index contributed by atoms with van der Waals surface area (Å²) in [4.78, 5) is 24.8. The molecule has 0 spiro atoms. The molecular weight excluding hydrogens is 469 g/mol. The van der Waals surface area contributed by atoms with Crippen molar-refractivity contribution in [2.24, 2.45) is 0 Å². The van der Waals surface area contributed by atoms with Crippen LogP contribution in [0.3, 0.4) is 0 Å². The van der Waals surface area contributed by atoms with E-state index in [0.717, 1.165) is 33.6 Å². The van der Waals surface area contributed by atoms with E-state index in [1.165, 1.54) is 0 Å². The molecule has 1 amide bonds. The van der Waals surface area contributed by atoms with Gasteiger partial charge in [-0.1, -0.05) is 42.5 Å². The Balaban J connectivity index is 0.00000342. The first-order valence-electron chi connectivity index (χ1n) is 11.3. The maximum absolute atomic E-state index is 13.2. The molecular formula is C28H32LiNO5S. The second-order valence-electron chi connectivity index (χ2n) is 8.18. The summed E-state index contributed by atoms with van der Waals surface area (Å²) in [5.74, 6) is -0.0145. The molecule has 186 valence electrons. The van der Waals surface area contributed by atoms with Gasteiger partial charge in [0.25, 0.3) is 5.91 Å². The van der Waals surface area contributed by atoms with Crippen LogP contribution in [0, 0.1) is 6.92 Å². The minimum Gasteiger partial charge on any atom is -1.00 e. The van der Waals surface area contributed by atoms with Crippen molar-refractivity contribution in [3.05, 3.63) is 89.0 Å². The molecule has 3 aromatic carbocycles. The third-order valence-corrected chi connectivity index (χ3v) is 6.29. The molecule has 36 heavy (non-hydrogen) atoms. The first-order valence-corrected chi connectivity index (χ1v) is 12.7. The molecule has 0 fully saturated rings. The average molecular weight is 502 g/mol. The molecule has 0 saturated heterocycles. The van der Waals surface area contributed by atoms with Gasteiger partial charge in [-0.2, -0.15) is 11.8 Å². The number of carbonyl (C=O) groups is 2. The van der Waals surface area contributed by atoms with Crippen LogP contribution in [0.5, 0.6) is 5.75 Å². The third kappa shape index (κ3) is 8.18. The summed E-state index contributed by atoms with van der Waals surface area (Å²) in [7, 11) is 1.63. The van der Waals surface area contributed by atoms with E-state index in [-0.39, 0.29) is 20.3 Å². The summed E-state index contributed by atoms with van der Waals surface area (Å²) in [5.41, 5.74) is 5.05. The summed E-state index contributed by atoms with van der Waals surface area (Å²) < 4.78 is 11.2. The molecule has 3 rings (SSSR count). The number of rotatable bonds is 12. The number of thioether (sulfide) groups is 1. The number of methoxy groups -OCH3 is 1. The van der Waals surface area contributed by atoms with Gasteiger partial charge in [0.2, 0.25) is 0 Å². The van der Waals surface area contributed by atoms with Gasteiger partial charge in [-0.15, -0.1) is 0 Å². The van der Waals surface area contributed by atoms with Crippen LogP contribution >= 0.6 is 11.8 Å². The van der Waals surface area contributed by atoms with Crippen LogP contribution < -0.4 is 28.9 Å². The fraction of sp³-hybridized carbons (Fsp3) is 0.286. The summed E-state index contributed by atoms with van der Waals surface area (Å²) in [6.07, 6.45) is 2.27. The Bertz CT molecular complexity index is 1180. The Labute approximate surface area is 230 Å². The van der Waals surface area contributed by atoms with E-state index < -0.39 is 17.9 Å². The number of ether oxygens (including phenoxy) is 2. The van der Waals surface area contributed by atoms with Gasteiger partial charge in [0.1, 0.15) is 11.8 Å². The van der Waals surface area contributed by atoms with Crippen molar-refractivity contribution in [3.8, 4) is 16.9 Å². The number of hydrogen-bond acceptors (Lipinski definition) is 5. The fourth-order valence-corrected chi connectivity index (χ4v) is 4.23. The Hall–Kier alpha value is -2.69. The minimum atomic E-state index is -1.03. The zero-order valence-corrected chi connectivity index (χ0v) is 22.1. The van der Waals surface area contributed by atoms with Gasteiger partial charge in [0, 0.05) is 5.56 Å². The summed E-state index contributed by atoms with van der Waals surface area (Å²) in [6.45, 7) is 2.78. The number of carbonyl (C=O) groups excluding carboxylic acids is 1. The largest absolute Gasteiger partial charge is 1.00 e. The van der Waals surface area contributed by atoms with Crippen LogP contribution in [0.15, 0.2) is 66.7 Å². The molecule has 8 heteroatoms. The molecule has 0 saturated carbocycles. The average Bonchev–Trinajstić information content (AvgIpc) is 2.86. The molecule has 0 heterocycles. The van der Waals surface area contributed by atoms with Crippen LogP contribution in [0.4, 0.5) is 0 Å². The van der Waals surface area contributed by atoms with Crippen molar-refractivity contribution < 1.29 is 44.5 Å². The number of nitrogens with one attached hydrogen (secondary N) is 1. The van der Waals surface area contributed by atoms with Crippen LogP contribution in [0.25, 0.3) is 11.1 Å². The second kappa shape index (κ2) is 14.8. The summed E-state index contributed by atoms with van der Waals surface area (Å²) in [5, 5.41) is 12.2. The number of aryl methyl sites for hydroxylation is 1. The van der Waals surface area contributed by atoms with Crippen molar-refractivity contribution in [1.29, 1.82) is 0 Å². The summed E-state index contributed by atoms with van der Waals surface area (Å²) in [6, 6.07) is 20.1. The molecule has 0 bridgehead atoms. The molecule has 0 radical (unpaired) electrons. The number of carboxylic acid groups (broad SMARTS) is 1. The monoisotopic (exact) mass is 501 g/mol. The molecule has 0 aliphatic rings.